The van der Waals surface area contributed by atoms with Gasteiger partial charge in [-0.3, -0.25) is 4.79 Å². The van der Waals surface area contributed by atoms with Crippen LogP contribution in [0, 0.1) is 0 Å². The second-order valence-electron chi connectivity index (χ2n) is 11.3. The molecule has 0 heterocycles. The number of nitrogens with zero attached hydrogens (tertiary/aromatic N) is 3. The lowest BCUT2D eigenvalue weighted by molar-refractivity contribution is -0.139. The van der Waals surface area contributed by atoms with E-state index in [4.69, 9.17) is 4.74 Å². The van der Waals surface area contributed by atoms with Gasteiger partial charge in [0.1, 0.15) is 12.6 Å². The molecule has 0 fully saturated rings. The molecule has 1 atom stereocenters. The second kappa shape index (κ2) is 15.0. The van der Waals surface area contributed by atoms with Crippen LogP contribution in [0.25, 0.3) is 11.1 Å². The SMILES string of the molecule is CN(C)c1ccc(N=Nc2ccc(C(=O)NCCCC[C@H](NC(=O)OCC3c4ccccc4-c4ccccc43)C(=O)O)cc2)cc1. The molecule has 5 rings (SSSR count). The number of ether oxygens (including phenoxy) is 1. The van der Waals surface area contributed by atoms with E-state index in [1.54, 1.807) is 24.3 Å². The highest BCUT2D eigenvalue weighted by Gasteiger charge is 2.29. The lowest BCUT2D eigenvalue weighted by Gasteiger charge is -2.17. The number of anilines is 1. The van der Waals surface area contributed by atoms with Gasteiger partial charge in [-0.15, -0.1) is 0 Å². The summed E-state index contributed by atoms with van der Waals surface area (Å²) in [6.07, 6.45) is 0.455. The maximum Gasteiger partial charge on any atom is 0.407 e. The zero-order valence-corrected chi connectivity index (χ0v) is 25.8. The molecule has 0 aromatic heterocycles. The Labute approximate surface area is 268 Å². The Morgan fingerprint density at radius 2 is 1.37 bits per heavy atom. The molecule has 3 N–H and O–H groups in total. The van der Waals surface area contributed by atoms with Crippen LogP contribution in [0.4, 0.5) is 21.9 Å². The normalized spacial score (nSPS) is 12.7. The molecule has 2 amide bonds. The van der Waals surface area contributed by atoms with Crippen molar-refractivity contribution in [3.8, 4) is 11.1 Å². The average molecular weight is 620 g/mol. The van der Waals surface area contributed by atoms with E-state index in [2.05, 4.69) is 20.9 Å². The monoisotopic (exact) mass is 619 g/mol. The Kier molecular flexibility index (Phi) is 10.4. The molecule has 1 aliphatic rings. The summed E-state index contributed by atoms with van der Waals surface area (Å²) in [7, 11) is 3.94. The smallest absolute Gasteiger partial charge is 0.407 e. The van der Waals surface area contributed by atoms with Crippen LogP contribution in [0.15, 0.2) is 107 Å². The average Bonchev–Trinajstić information content (AvgIpc) is 3.39. The van der Waals surface area contributed by atoms with Crippen molar-refractivity contribution in [3.05, 3.63) is 114 Å². The standard InChI is InChI=1S/C36H37N5O5/c1-41(2)27-20-18-26(19-21-27)40-39-25-16-14-24(15-17-25)34(42)37-22-8-7-13-33(35(43)44)38-36(45)46-23-32-30-11-5-3-9-28(30)29-10-4-6-12-31(29)32/h3-6,9-12,14-21,32-33H,7-8,13,22-23H2,1-2H3,(H,37,42)(H,38,45)(H,43,44)/t33-/m0/s1. The molecule has 4 aromatic carbocycles. The van der Waals surface area contributed by atoms with Crippen molar-refractivity contribution in [2.24, 2.45) is 10.2 Å². The summed E-state index contributed by atoms with van der Waals surface area (Å²) >= 11 is 0. The molecule has 10 heteroatoms. The summed E-state index contributed by atoms with van der Waals surface area (Å²) in [6, 6.07) is 29.4. The second-order valence-corrected chi connectivity index (χ2v) is 11.3. The Bertz CT molecular complexity index is 1660. The van der Waals surface area contributed by atoms with Crippen molar-refractivity contribution in [1.29, 1.82) is 0 Å². The number of alkyl carbamates (subject to hydrolysis) is 1. The quantitative estimate of drug-likeness (QED) is 0.108. The third-order valence-electron chi connectivity index (χ3n) is 7.92. The number of hydrogen-bond acceptors (Lipinski definition) is 7. The van der Waals surface area contributed by atoms with E-state index in [0.717, 1.165) is 33.6 Å². The fraction of sp³-hybridized carbons (Fsp3) is 0.250. The molecule has 0 aliphatic heterocycles. The molecule has 4 aromatic rings. The first-order chi connectivity index (χ1) is 22.3. The fourth-order valence-electron chi connectivity index (χ4n) is 5.43. The molecule has 1 aliphatic carbocycles. The van der Waals surface area contributed by atoms with Gasteiger partial charge < -0.3 is 25.4 Å². The van der Waals surface area contributed by atoms with Gasteiger partial charge in [0.05, 0.1) is 11.4 Å². The maximum atomic E-state index is 12.6. The molecule has 0 bridgehead atoms. The van der Waals surface area contributed by atoms with E-state index >= 15 is 0 Å². The minimum absolute atomic E-state index is 0.104. The molecule has 0 saturated heterocycles. The highest BCUT2D eigenvalue weighted by atomic mass is 16.5. The van der Waals surface area contributed by atoms with Gasteiger partial charge in [-0.05, 0) is 90.0 Å². The molecule has 0 spiro atoms. The predicted octanol–water partition coefficient (Wildman–Crippen LogP) is 7.06. The third-order valence-corrected chi connectivity index (χ3v) is 7.92. The number of rotatable bonds is 13. The maximum absolute atomic E-state index is 12.6. The number of nitrogens with one attached hydrogen (secondary N) is 2. The number of carboxylic acids is 1. The van der Waals surface area contributed by atoms with Crippen LogP contribution >= 0.6 is 0 Å². The van der Waals surface area contributed by atoms with Gasteiger partial charge >= 0.3 is 12.1 Å². The van der Waals surface area contributed by atoms with E-state index in [-0.39, 0.29) is 24.9 Å². The van der Waals surface area contributed by atoms with E-state index in [1.807, 2.05) is 91.8 Å². The van der Waals surface area contributed by atoms with Gasteiger partial charge in [0.2, 0.25) is 0 Å². The molecule has 0 radical (unpaired) electrons. The van der Waals surface area contributed by atoms with E-state index in [9.17, 15) is 19.5 Å². The van der Waals surface area contributed by atoms with Crippen molar-refractivity contribution in [2.45, 2.75) is 31.2 Å². The largest absolute Gasteiger partial charge is 0.480 e. The summed E-state index contributed by atoms with van der Waals surface area (Å²) < 4.78 is 5.50. The van der Waals surface area contributed by atoms with E-state index < -0.39 is 18.1 Å². The zero-order chi connectivity index (χ0) is 32.5. The Morgan fingerprint density at radius 1 is 0.804 bits per heavy atom. The summed E-state index contributed by atoms with van der Waals surface area (Å²) in [6.45, 7) is 0.466. The number of carbonyl (C=O) groups is 3. The highest BCUT2D eigenvalue weighted by Crippen LogP contribution is 2.44. The van der Waals surface area contributed by atoms with E-state index in [0.29, 0.717) is 30.6 Å². The van der Waals surface area contributed by atoms with Gasteiger partial charge in [0.15, 0.2) is 0 Å². The van der Waals surface area contributed by atoms with Crippen molar-refractivity contribution in [1.82, 2.24) is 10.6 Å². The summed E-state index contributed by atoms with van der Waals surface area (Å²) in [5, 5.41) is 23.5. The van der Waals surface area contributed by atoms with Crippen molar-refractivity contribution < 1.29 is 24.2 Å². The van der Waals surface area contributed by atoms with Crippen molar-refractivity contribution in [2.75, 3.05) is 32.1 Å². The number of fused-ring (bicyclic) bond motifs is 3. The lowest BCUT2D eigenvalue weighted by Crippen LogP contribution is -2.41. The Morgan fingerprint density at radius 3 is 1.93 bits per heavy atom. The number of unbranched alkanes of at least 4 members (excludes halogenated alkanes) is 1. The van der Waals surface area contributed by atoms with Gasteiger partial charge in [0.25, 0.3) is 5.91 Å². The zero-order valence-electron chi connectivity index (χ0n) is 25.8. The number of benzene rings is 4. The first-order valence-electron chi connectivity index (χ1n) is 15.2. The number of hydrogen-bond donors (Lipinski definition) is 3. The predicted molar refractivity (Wildman–Crippen MR) is 177 cm³/mol. The van der Waals surface area contributed by atoms with Crippen LogP contribution < -0.4 is 15.5 Å². The first kappa shape index (κ1) is 31.9. The van der Waals surface area contributed by atoms with Crippen LogP contribution in [-0.4, -0.2) is 56.4 Å². The number of amides is 2. The minimum Gasteiger partial charge on any atom is -0.480 e. The number of carboxylic acid groups (broad SMARTS) is 1. The lowest BCUT2D eigenvalue weighted by atomic mass is 9.98. The Hall–Kier alpha value is -5.51. The molecular weight excluding hydrogens is 582 g/mol. The summed E-state index contributed by atoms with van der Waals surface area (Å²) in [5.74, 6) is -1.49. The number of carbonyl (C=O) groups excluding carboxylic acids is 2. The molecule has 10 nitrogen and oxygen atoms in total. The van der Waals surface area contributed by atoms with Gasteiger partial charge in [-0.2, -0.15) is 10.2 Å². The minimum atomic E-state index is -1.14. The Balaban J connectivity index is 1.03. The first-order valence-corrected chi connectivity index (χ1v) is 15.2. The summed E-state index contributed by atoms with van der Waals surface area (Å²) in [5.41, 5.74) is 7.29. The molecule has 0 saturated carbocycles. The van der Waals surface area contributed by atoms with Crippen LogP contribution in [0.3, 0.4) is 0 Å². The van der Waals surface area contributed by atoms with Crippen LogP contribution in [-0.2, 0) is 9.53 Å². The topological polar surface area (TPSA) is 133 Å². The van der Waals surface area contributed by atoms with Crippen LogP contribution in [0.1, 0.15) is 46.7 Å². The van der Waals surface area contributed by atoms with Gasteiger partial charge in [-0.1, -0.05) is 48.5 Å². The third kappa shape index (κ3) is 7.95. The molecular formula is C36H37N5O5. The summed E-state index contributed by atoms with van der Waals surface area (Å²) in [4.78, 5) is 39.0. The number of aliphatic carboxylic acids is 1. The van der Waals surface area contributed by atoms with Gasteiger partial charge in [0, 0.05) is 37.8 Å². The van der Waals surface area contributed by atoms with Crippen LogP contribution in [0.2, 0.25) is 0 Å². The molecule has 236 valence electrons. The van der Waals surface area contributed by atoms with E-state index in [1.165, 1.54) is 0 Å². The fourth-order valence-corrected chi connectivity index (χ4v) is 5.43. The number of azo groups is 1. The van der Waals surface area contributed by atoms with Crippen LogP contribution in [0.5, 0.6) is 0 Å². The van der Waals surface area contributed by atoms with Gasteiger partial charge in [-0.25, -0.2) is 9.59 Å². The molecule has 46 heavy (non-hydrogen) atoms. The van der Waals surface area contributed by atoms with Crippen molar-refractivity contribution >= 4 is 35.0 Å². The molecule has 0 unspecified atom stereocenters. The van der Waals surface area contributed by atoms with Crippen molar-refractivity contribution in [3.63, 3.8) is 0 Å². The highest BCUT2D eigenvalue weighted by molar-refractivity contribution is 5.94.